The Morgan fingerprint density at radius 3 is 2.65 bits per heavy atom. The summed E-state index contributed by atoms with van der Waals surface area (Å²) in [5.74, 6) is 0.937. The predicted molar refractivity (Wildman–Crippen MR) is 90.1 cm³/mol. The van der Waals surface area contributed by atoms with Crippen LogP contribution in [0, 0.1) is 5.92 Å². The third kappa shape index (κ3) is 6.89. The van der Waals surface area contributed by atoms with Crippen molar-refractivity contribution in [2.24, 2.45) is 5.92 Å². The number of hydrogen-bond donors (Lipinski definition) is 1. The molecule has 0 atom stereocenters. The number of piperidine rings is 1. The molecule has 0 bridgehead atoms. The van der Waals surface area contributed by atoms with Crippen LogP contribution in [-0.2, 0) is 6.42 Å². The van der Waals surface area contributed by atoms with Crippen molar-refractivity contribution in [2.75, 3.05) is 33.2 Å². The molecule has 0 spiro atoms. The molecule has 5 heteroatoms. The summed E-state index contributed by atoms with van der Waals surface area (Å²) in [7, 11) is 2.04. The van der Waals surface area contributed by atoms with E-state index in [2.05, 4.69) is 21.3 Å². The summed E-state index contributed by atoms with van der Waals surface area (Å²) in [6, 6.07) is 4.20. The summed E-state index contributed by atoms with van der Waals surface area (Å²) >= 11 is 0. The average Bonchev–Trinajstić information content (AvgIpc) is 2.45. The van der Waals surface area contributed by atoms with Gasteiger partial charge in [0, 0.05) is 18.9 Å². The SMILES string of the molecule is CNCCC1CCN(CCc2cccnc2)CC1.Cl.Cl. The highest BCUT2D eigenvalue weighted by Crippen LogP contribution is 2.20. The van der Waals surface area contributed by atoms with E-state index in [1.54, 1.807) is 0 Å². The Morgan fingerprint density at radius 2 is 2.05 bits per heavy atom. The highest BCUT2D eigenvalue weighted by atomic mass is 35.5. The minimum atomic E-state index is 0. The second-order valence-corrected chi connectivity index (χ2v) is 5.29. The Kier molecular flexibility index (Phi) is 11.1. The molecule has 1 aromatic rings. The lowest BCUT2D eigenvalue weighted by Crippen LogP contribution is -2.35. The summed E-state index contributed by atoms with van der Waals surface area (Å²) in [4.78, 5) is 6.77. The van der Waals surface area contributed by atoms with Crippen molar-refractivity contribution in [2.45, 2.75) is 25.7 Å². The van der Waals surface area contributed by atoms with Gasteiger partial charge in [0.15, 0.2) is 0 Å². The van der Waals surface area contributed by atoms with Gasteiger partial charge in [-0.25, -0.2) is 0 Å². The van der Waals surface area contributed by atoms with Crippen LogP contribution in [0.3, 0.4) is 0 Å². The van der Waals surface area contributed by atoms with Crippen LogP contribution in [0.5, 0.6) is 0 Å². The van der Waals surface area contributed by atoms with E-state index in [1.807, 2.05) is 25.5 Å². The Labute approximate surface area is 135 Å². The zero-order chi connectivity index (χ0) is 12.6. The molecule has 0 unspecified atom stereocenters. The highest BCUT2D eigenvalue weighted by Gasteiger charge is 2.18. The van der Waals surface area contributed by atoms with Crippen molar-refractivity contribution in [3.8, 4) is 0 Å². The van der Waals surface area contributed by atoms with Gasteiger partial charge in [0.1, 0.15) is 0 Å². The van der Waals surface area contributed by atoms with Crippen molar-refractivity contribution in [1.82, 2.24) is 15.2 Å². The topological polar surface area (TPSA) is 28.2 Å². The molecule has 2 heterocycles. The zero-order valence-corrected chi connectivity index (χ0v) is 13.9. The van der Waals surface area contributed by atoms with Crippen LogP contribution in [-0.4, -0.2) is 43.1 Å². The lowest BCUT2D eigenvalue weighted by Gasteiger charge is -2.31. The fourth-order valence-corrected chi connectivity index (χ4v) is 2.68. The Hall–Kier alpha value is -0.350. The number of halogens is 2. The van der Waals surface area contributed by atoms with Crippen molar-refractivity contribution in [3.05, 3.63) is 30.1 Å². The van der Waals surface area contributed by atoms with E-state index < -0.39 is 0 Å². The summed E-state index contributed by atoms with van der Waals surface area (Å²) in [6.07, 6.45) is 9.04. The van der Waals surface area contributed by atoms with E-state index in [4.69, 9.17) is 0 Å². The number of aromatic nitrogens is 1. The average molecular weight is 320 g/mol. The number of nitrogens with zero attached hydrogens (tertiary/aromatic N) is 2. The summed E-state index contributed by atoms with van der Waals surface area (Å²) in [6.45, 7) is 4.90. The molecule has 1 N–H and O–H groups in total. The Balaban J connectivity index is 0.00000180. The third-order valence-corrected chi connectivity index (χ3v) is 3.95. The van der Waals surface area contributed by atoms with Crippen LogP contribution in [0.1, 0.15) is 24.8 Å². The summed E-state index contributed by atoms with van der Waals surface area (Å²) in [5.41, 5.74) is 1.36. The van der Waals surface area contributed by atoms with Gasteiger partial charge < -0.3 is 10.2 Å². The van der Waals surface area contributed by atoms with E-state index in [-0.39, 0.29) is 24.8 Å². The van der Waals surface area contributed by atoms with E-state index in [1.165, 1.54) is 51.0 Å². The molecule has 20 heavy (non-hydrogen) atoms. The molecule has 0 radical (unpaired) electrons. The molecular weight excluding hydrogens is 293 g/mol. The maximum atomic E-state index is 4.17. The molecule has 116 valence electrons. The highest BCUT2D eigenvalue weighted by molar-refractivity contribution is 5.85. The first-order chi connectivity index (χ1) is 8.88. The fourth-order valence-electron chi connectivity index (χ4n) is 2.68. The number of rotatable bonds is 6. The van der Waals surface area contributed by atoms with Gasteiger partial charge in [0.05, 0.1) is 0 Å². The second kappa shape index (κ2) is 11.3. The van der Waals surface area contributed by atoms with Crippen molar-refractivity contribution in [1.29, 1.82) is 0 Å². The first-order valence-electron chi connectivity index (χ1n) is 7.14. The first-order valence-corrected chi connectivity index (χ1v) is 7.14. The van der Waals surface area contributed by atoms with Gasteiger partial charge in [-0.2, -0.15) is 0 Å². The molecule has 1 saturated heterocycles. The van der Waals surface area contributed by atoms with E-state index in [0.29, 0.717) is 0 Å². The lowest BCUT2D eigenvalue weighted by molar-refractivity contribution is 0.181. The molecule has 1 fully saturated rings. The maximum absolute atomic E-state index is 4.17. The number of nitrogens with one attached hydrogen (secondary N) is 1. The number of pyridine rings is 1. The molecule has 0 amide bonds. The number of hydrogen-bond acceptors (Lipinski definition) is 3. The second-order valence-electron chi connectivity index (χ2n) is 5.29. The van der Waals surface area contributed by atoms with Gasteiger partial charge in [-0.3, -0.25) is 4.98 Å². The minimum Gasteiger partial charge on any atom is -0.320 e. The van der Waals surface area contributed by atoms with Gasteiger partial charge in [0.2, 0.25) is 0 Å². The van der Waals surface area contributed by atoms with Crippen LogP contribution in [0.15, 0.2) is 24.5 Å². The molecule has 0 aromatic carbocycles. The smallest absolute Gasteiger partial charge is 0.0300 e. The van der Waals surface area contributed by atoms with E-state index in [9.17, 15) is 0 Å². The predicted octanol–water partition coefficient (Wildman–Crippen LogP) is 2.79. The van der Waals surface area contributed by atoms with Gasteiger partial charge in [-0.1, -0.05) is 6.07 Å². The van der Waals surface area contributed by atoms with Gasteiger partial charge in [-0.15, -0.1) is 24.8 Å². The van der Waals surface area contributed by atoms with E-state index in [0.717, 1.165) is 12.3 Å². The quantitative estimate of drug-likeness (QED) is 0.874. The normalized spacial score (nSPS) is 16.2. The Morgan fingerprint density at radius 1 is 1.30 bits per heavy atom. The standard InChI is InChI=1S/C15H25N3.2ClH/c1-16-9-4-14-5-10-18(11-6-14)12-7-15-3-2-8-17-13-15;;/h2-3,8,13-14,16H,4-7,9-12H2,1H3;2*1H. The van der Waals surface area contributed by atoms with Crippen LogP contribution in [0.2, 0.25) is 0 Å². The number of likely N-dealkylation sites (tertiary alicyclic amines) is 1. The maximum Gasteiger partial charge on any atom is 0.0300 e. The Bertz CT molecular complexity index is 327. The van der Waals surface area contributed by atoms with Gasteiger partial charge in [0.25, 0.3) is 0 Å². The molecule has 0 saturated carbocycles. The summed E-state index contributed by atoms with van der Waals surface area (Å²) in [5, 5.41) is 3.25. The molecule has 2 rings (SSSR count). The minimum absolute atomic E-state index is 0. The monoisotopic (exact) mass is 319 g/mol. The first kappa shape index (κ1) is 19.7. The molecule has 1 aliphatic heterocycles. The lowest BCUT2D eigenvalue weighted by atomic mass is 9.93. The van der Waals surface area contributed by atoms with Gasteiger partial charge in [-0.05, 0) is 69.9 Å². The molecule has 1 aliphatic rings. The molecule has 1 aromatic heterocycles. The third-order valence-electron chi connectivity index (χ3n) is 3.95. The molecular formula is C15H27Cl2N3. The van der Waals surface area contributed by atoms with Crippen LogP contribution < -0.4 is 5.32 Å². The van der Waals surface area contributed by atoms with Crippen molar-refractivity contribution >= 4 is 24.8 Å². The molecule has 3 nitrogen and oxygen atoms in total. The zero-order valence-electron chi connectivity index (χ0n) is 12.3. The van der Waals surface area contributed by atoms with E-state index >= 15 is 0 Å². The van der Waals surface area contributed by atoms with Crippen molar-refractivity contribution < 1.29 is 0 Å². The molecule has 0 aliphatic carbocycles. The summed E-state index contributed by atoms with van der Waals surface area (Å²) < 4.78 is 0. The largest absolute Gasteiger partial charge is 0.320 e. The van der Waals surface area contributed by atoms with Crippen molar-refractivity contribution in [3.63, 3.8) is 0 Å². The fraction of sp³-hybridized carbons (Fsp3) is 0.667. The van der Waals surface area contributed by atoms with Gasteiger partial charge >= 0.3 is 0 Å². The van der Waals surface area contributed by atoms with Crippen LogP contribution >= 0.6 is 24.8 Å². The van der Waals surface area contributed by atoms with Crippen LogP contribution in [0.25, 0.3) is 0 Å². The van der Waals surface area contributed by atoms with Crippen LogP contribution in [0.4, 0.5) is 0 Å².